The molecule has 2 aromatic carbocycles. The number of rotatable bonds is 9. The summed E-state index contributed by atoms with van der Waals surface area (Å²) >= 11 is 0. The van der Waals surface area contributed by atoms with E-state index in [1.54, 1.807) is 13.0 Å². The lowest BCUT2D eigenvalue weighted by Gasteiger charge is -2.25. The van der Waals surface area contributed by atoms with Crippen LogP contribution in [-0.4, -0.2) is 41.8 Å². The third kappa shape index (κ3) is 5.22. The lowest BCUT2D eigenvalue weighted by molar-refractivity contribution is 0.161. The maximum absolute atomic E-state index is 14.0. The molecule has 0 amide bonds. The molecule has 39 heavy (non-hydrogen) atoms. The Morgan fingerprint density at radius 3 is 2.44 bits per heavy atom. The SMILES string of the molecule is COC[C@@H](c1ccccc1)n1c(CC2CC2)nc(=O)c(S(=O)(=O)c2ccc(-c3ccnc(F)c3C)cc2)c1O. The fraction of sp³-hybridized carbons (Fsp3) is 0.276. The highest BCUT2D eigenvalue weighted by Crippen LogP contribution is 2.37. The number of nitrogens with zero attached hydrogens (tertiary/aromatic N) is 3. The lowest BCUT2D eigenvalue weighted by atomic mass is 10.0. The van der Waals surface area contributed by atoms with Gasteiger partial charge in [-0.15, -0.1) is 0 Å². The monoisotopic (exact) mass is 549 g/mol. The van der Waals surface area contributed by atoms with Gasteiger partial charge >= 0.3 is 0 Å². The van der Waals surface area contributed by atoms with E-state index in [2.05, 4.69) is 9.97 Å². The van der Waals surface area contributed by atoms with Crippen LogP contribution in [0, 0.1) is 18.8 Å². The van der Waals surface area contributed by atoms with Gasteiger partial charge in [0.1, 0.15) is 5.82 Å². The van der Waals surface area contributed by atoms with E-state index in [-0.39, 0.29) is 11.5 Å². The van der Waals surface area contributed by atoms with Crippen molar-refractivity contribution in [3.8, 4) is 17.0 Å². The van der Waals surface area contributed by atoms with Gasteiger partial charge < -0.3 is 9.84 Å². The molecule has 10 heteroatoms. The van der Waals surface area contributed by atoms with Crippen molar-refractivity contribution < 1.29 is 22.7 Å². The summed E-state index contributed by atoms with van der Waals surface area (Å²) in [5, 5.41) is 11.5. The predicted molar refractivity (Wildman–Crippen MR) is 143 cm³/mol. The summed E-state index contributed by atoms with van der Waals surface area (Å²) in [6.07, 6.45) is 3.72. The van der Waals surface area contributed by atoms with Crippen LogP contribution in [0.25, 0.3) is 11.1 Å². The predicted octanol–water partition coefficient (Wildman–Crippen LogP) is 4.48. The summed E-state index contributed by atoms with van der Waals surface area (Å²) in [6.45, 7) is 1.71. The molecule has 1 saturated carbocycles. The molecule has 8 nitrogen and oxygen atoms in total. The summed E-state index contributed by atoms with van der Waals surface area (Å²) in [4.78, 5) is 20.0. The van der Waals surface area contributed by atoms with E-state index in [1.807, 2.05) is 30.3 Å². The zero-order valence-corrected chi connectivity index (χ0v) is 22.4. The van der Waals surface area contributed by atoms with Crippen molar-refractivity contribution in [3.05, 3.63) is 100 Å². The minimum absolute atomic E-state index is 0.121. The topological polar surface area (TPSA) is 111 Å². The van der Waals surface area contributed by atoms with E-state index < -0.39 is 38.2 Å². The molecule has 5 rings (SSSR count). The maximum atomic E-state index is 14.0. The van der Waals surface area contributed by atoms with E-state index >= 15 is 0 Å². The molecule has 2 aromatic heterocycles. The number of hydrogen-bond acceptors (Lipinski definition) is 7. The van der Waals surface area contributed by atoms with Gasteiger partial charge in [0.15, 0.2) is 4.90 Å². The zero-order valence-electron chi connectivity index (χ0n) is 21.5. The van der Waals surface area contributed by atoms with Crippen molar-refractivity contribution >= 4 is 9.84 Å². The molecule has 202 valence electrons. The standard InChI is InChI=1S/C29H28FN3O5S/c1-18-23(14-15-31-27(18)30)20-10-12-22(13-11-20)39(36,37)26-28(34)32-25(16-19-8-9-19)33(29(26)35)24(17-38-2)21-6-4-3-5-7-21/h3-7,10-15,19,24,35H,8-9,16-17H2,1-2H3/t24-/m0/s1. The molecule has 0 aliphatic heterocycles. The Labute approximate surface area is 225 Å². The van der Waals surface area contributed by atoms with Crippen LogP contribution in [0.15, 0.2) is 81.4 Å². The van der Waals surface area contributed by atoms with Gasteiger partial charge in [-0.1, -0.05) is 42.5 Å². The highest BCUT2D eigenvalue weighted by Gasteiger charge is 2.34. The number of aromatic hydroxyl groups is 1. The van der Waals surface area contributed by atoms with Crippen LogP contribution >= 0.6 is 0 Å². The Morgan fingerprint density at radius 1 is 1.10 bits per heavy atom. The molecule has 0 bridgehead atoms. The summed E-state index contributed by atoms with van der Waals surface area (Å²) < 4.78 is 48.3. The largest absolute Gasteiger partial charge is 0.493 e. The van der Waals surface area contributed by atoms with Gasteiger partial charge in [-0.3, -0.25) is 9.36 Å². The van der Waals surface area contributed by atoms with Crippen LogP contribution in [0.4, 0.5) is 4.39 Å². The van der Waals surface area contributed by atoms with Crippen LogP contribution in [0.3, 0.4) is 0 Å². The van der Waals surface area contributed by atoms with Crippen LogP contribution in [-0.2, 0) is 21.0 Å². The molecule has 0 radical (unpaired) electrons. The Morgan fingerprint density at radius 2 is 1.79 bits per heavy atom. The van der Waals surface area contributed by atoms with Crippen LogP contribution in [0.2, 0.25) is 0 Å². The highest BCUT2D eigenvalue weighted by atomic mass is 32.2. The number of halogens is 1. The second-order valence-electron chi connectivity index (χ2n) is 9.69. The molecule has 0 spiro atoms. The molecule has 0 saturated heterocycles. The first-order chi connectivity index (χ1) is 18.7. The molecule has 0 unspecified atom stereocenters. The Balaban J connectivity index is 1.64. The molecular weight excluding hydrogens is 521 g/mol. The average molecular weight is 550 g/mol. The van der Waals surface area contributed by atoms with E-state index in [9.17, 15) is 22.7 Å². The Hall–Kier alpha value is -3.89. The number of hydrogen-bond donors (Lipinski definition) is 1. The molecule has 1 aliphatic rings. The normalized spacial score (nSPS) is 14.3. The molecule has 1 N–H and O–H groups in total. The summed E-state index contributed by atoms with van der Waals surface area (Å²) in [6, 6.07) is 15.9. The van der Waals surface area contributed by atoms with Gasteiger partial charge in [-0.2, -0.15) is 9.37 Å². The number of pyridine rings is 1. The van der Waals surface area contributed by atoms with E-state index in [0.29, 0.717) is 34.9 Å². The molecular formula is C29H28FN3O5S. The molecule has 1 fully saturated rings. The smallest absolute Gasteiger partial charge is 0.296 e. The van der Waals surface area contributed by atoms with E-state index in [0.717, 1.165) is 18.4 Å². The van der Waals surface area contributed by atoms with Crippen molar-refractivity contribution in [3.63, 3.8) is 0 Å². The number of ether oxygens (including phenoxy) is 1. The van der Waals surface area contributed by atoms with Crippen LogP contribution in [0.5, 0.6) is 5.88 Å². The van der Waals surface area contributed by atoms with Gasteiger partial charge in [0.2, 0.25) is 21.7 Å². The third-order valence-corrected chi connectivity index (χ3v) is 8.80. The van der Waals surface area contributed by atoms with Gasteiger partial charge in [-0.05, 0) is 60.6 Å². The summed E-state index contributed by atoms with van der Waals surface area (Å²) in [7, 11) is -2.96. The van der Waals surface area contributed by atoms with E-state index in [1.165, 1.54) is 42.1 Å². The van der Waals surface area contributed by atoms with Crippen LogP contribution < -0.4 is 5.56 Å². The zero-order chi connectivity index (χ0) is 27.7. The minimum atomic E-state index is -4.47. The first-order valence-electron chi connectivity index (χ1n) is 12.6. The van der Waals surface area contributed by atoms with Crippen molar-refractivity contribution in [2.75, 3.05) is 13.7 Å². The Bertz CT molecular complexity index is 1670. The molecule has 1 atom stereocenters. The minimum Gasteiger partial charge on any atom is -0.493 e. The number of methoxy groups -OCH3 is 1. The molecule has 1 aliphatic carbocycles. The van der Waals surface area contributed by atoms with Gasteiger partial charge in [0.25, 0.3) is 5.56 Å². The first kappa shape index (κ1) is 26.7. The molecule has 2 heterocycles. The van der Waals surface area contributed by atoms with Gasteiger partial charge in [-0.25, -0.2) is 13.4 Å². The van der Waals surface area contributed by atoms with Crippen molar-refractivity contribution in [1.29, 1.82) is 0 Å². The average Bonchev–Trinajstić information content (AvgIpc) is 3.74. The summed E-state index contributed by atoms with van der Waals surface area (Å²) in [5.41, 5.74) is 1.23. The number of aromatic nitrogens is 3. The Kier molecular flexibility index (Phi) is 7.33. The first-order valence-corrected chi connectivity index (χ1v) is 14.1. The maximum Gasteiger partial charge on any atom is 0.296 e. The summed E-state index contributed by atoms with van der Waals surface area (Å²) in [5.74, 6) is -0.655. The highest BCUT2D eigenvalue weighted by molar-refractivity contribution is 7.91. The van der Waals surface area contributed by atoms with Crippen molar-refractivity contribution in [2.24, 2.45) is 5.92 Å². The fourth-order valence-corrected chi connectivity index (χ4v) is 6.09. The van der Waals surface area contributed by atoms with Crippen LogP contribution in [0.1, 0.15) is 35.8 Å². The fourth-order valence-electron chi connectivity index (χ4n) is 4.74. The van der Waals surface area contributed by atoms with Crippen molar-refractivity contribution in [1.82, 2.24) is 14.5 Å². The number of sulfone groups is 1. The van der Waals surface area contributed by atoms with Crippen molar-refractivity contribution in [2.45, 2.75) is 42.0 Å². The number of benzene rings is 2. The lowest BCUT2D eigenvalue weighted by Crippen LogP contribution is -2.29. The quantitative estimate of drug-likeness (QED) is 0.307. The third-order valence-electron chi connectivity index (χ3n) is 7.01. The van der Waals surface area contributed by atoms with E-state index in [4.69, 9.17) is 4.74 Å². The second kappa shape index (κ2) is 10.7. The second-order valence-corrected chi connectivity index (χ2v) is 11.6. The van der Waals surface area contributed by atoms with Gasteiger partial charge in [0, 0.05) is 25.3 Å². The van der Waals surface area contributed by atoms with Gasteiger partial charge in [0.05, 0.1) is 17.5 Å². The molecule has 4 aromatic rings.